The van der Waals surface area contributed by atoms with Gasteiger partial charge in [0.1, 0.15) is 5.69 Å². The molecule has 2 aromatic carbocycles. The van der Waals surface area contributed by atoms with Crippen molar-refractivity contribution in [3.63, 3.8) is 0 Å². The number of rotatable bonds is 2. The zero-order valence-corrected chi connectivity index (χ0v) is 14.2. The predicted octanol–water partition coefficient (Wildman–Crippen LogP) is 2.66. The van der Waals surface area contributed by atoms with Crippen LogP contribution in [-0.2, 0) is 4.74 Å². The molecule has 0 saturated carbocycles. The molecule has 0 unspecified atom stereocenters. The van der Waals surface area contributed by atoms with Crippen LogP contribution in [0, 0.1) is 0 Å². The van der Waals surface area contributed by atoms with Gasteiger partial charge in [-0.2, -0.15) is 9.78 Å². The maximum Gasteiger partial charge on any atom is 0.282 e. The lowest BCUT2D eigenvalue weighted by molar-refractivity contribution is 0.122. The van der Waals surface area contributed by atoms with Crippen LogP contribution in [0.1, 0.15) is 0 Å². The second kappa shape index (κ2) is 6.00. The van der Waals surface area contributed by atoms with E-state index in [0.717, 1.165) is 54.3 Å². The van der Waals surface area contributed by atoms with Crippen molar-refractivity contribution in [1.29, 1.82) is 0 Å². The van der Waals surface area contributed by atoms with Gasteiger partial charge in [-0.05, 0) is 30.3 Å². The van der Waals surface area contributed by atoms with Gasteiger partial charge < -0.3 is 14.6 Å². The first kappa shape index (κ1) is 15.2. The van der Waals surface area contributed by atoms with Crippen molar-refractivity contribution < 1.29 is 4.74 Å². The van der Waals surface area contributed by atoms with E-state index >= 15 is 0 Å². The topological polar surface area (TPSA) is 63.1 Å². The fourth-order valence-corrected chi connectivity index (χ4v) is 3.51. The van der Waals surface area contributed by atoms with Crippen LogP contribution in [0.25, 0.3) is 27.8 Å². The molecule has 3 heterocycles. The monoisotopic (exact) mass is 346 g/mol. The fraction of sp³-hybridized carbons (Fsp3) is 0.200. The maximum atomic E-state index is 12.7. The predicted molar refractivity (Wildman–Crippen MR) is 101 cm³/mol. The van der Waals surface area contributed by atoms with E-state index in [1.54, 1.807) is 6.20 Å². The summed E-state index contributed by atoms with van der Waals surface area (Å²) in [6.07, 6.45) is 1.76. The van der Waals surface area contributed by atoms with Crippen molar-refractivity contribution in [2.75, 3.05) is 31.2 Å². The first-order chi connectivity index (χ1) is 12.8. The summed E-state index contributed by atoms with van der Waals surface area (Å²) >= 11 is 0. The summed E-state index contributed by atoms with van der Waals surface area (Å²) in [7, 11) is 0. The number of ether oxygens (including phenoxy) is 1. The number of para-hydroxylation sites is 1. The second-order valence-corrected chi connectivity index (χ2v) is 6.43. The highest BCUT2D eigenvalue weighted by Gasteiger charge is 2.20. The Labute approximate surface area is 150 Å². The number of nitrogens with one attached hydrogen (secondary N) is 1. The molecule has 1 saturated heterocycles. The van der Waals surface area contributed by atoms with Gasteiger partial charge in [-0.1, -0.05) is 18.2 Å². The van der Waals surface area contributed by atoms with E-state index in [2.05, 4.69) is 27.1 Å². The van der Waals surface area contributed by atoms with Gasteiger partial charge in [-0.15, -0.1) is 0 Å². The molecule has 0 radical (unpaired) electrons. The summed E-state index contributed by atoms with van der Waals surface area (Å²) in [5.41, 5.74) is 4.11. The molecule has 130 valence electrons. The van der Waals surface area contributed by atoms with Gasteiger partial charge in [-0.3, -0.25) is 4.79 Å². The molecule has 0 spiro atoms. The van der Waals surface area contributed by atoms with Gasteiger partial charge in [0.05, 0.1) is 24.5 Å². The van der Waals surface area contributed by atoms with Crippen LogP contribution in [0.4, 0.5) is 5.69 Å². The lowest BCUT2D eigenvalue weighted by Crippen LogP contribution is -2.36. The Morgan fingerprint density at radius 3 is 2.62 bits per heavy atom. The van der Waals surface area contributed by atoms with Crippen molar-refractivity contribution >= 4 is 16.6 Å². The van der Waals surface area contributed by atoms with E-state index in [4.69, 9.17) is 4.74 Å². The number of aromatic nitrogens is 3. The van der Waals surface area contributed by atoms with E-state index < -0.39 is 0 Å². The highest BCUT2D eigenvalue weighted by molar-refractivity contribution is 5.95. The summed E-state index contributed by atoms with van der Waals surface area (Å²) in [6.45, 7) is 3.28. The minimum Gasteiger partial charge on any atom is -0.378 e. The maximum absolute atomic E-state index is 12.7. The molecule has 0 aliphatic carbocycles. The number of H-pyrrole nitrogens is 1. The lowest BCUT2D eigenvalue weighted by Gasteiger charge is -2.29. The largest absolute Gasteiger partial charge is 0.378 e. The van der Waals surface area contributed by atoms with Crippen molar-refractivity contribution in [3.8, 4) is 16.9 Å². The van der Waals surface area contributed by atoms with Gasteiger partial charge in [0.15, 0.2) is 0 Å². The molecular formula is C20H18N4O2. The number of morpholine rings is 1. The molecule has 0 aromatic heterocycles. The summed E-state index contributed by atoms with van der Waals surface area (Å²) in [6, 6.07) is 15.7. The Balaban J connectivity index is 1.66. The summed E-state index contributed by atoms with van der Waals surface area (Å²) < 4.78 is 6.89. The molecule has 6 heteroatoms. The molecule has 0 bridgehead atoms. The van der Waals surface area contributed by atoms with Crippen molar-refractivity contribution in [3.05, 3.63) is 65.1 Å². The van der Waals surface area contributed by atoms with Gasteiger partial charge >= 0.3 is 0 Å². The van der Waals surface area contributed by atoms with Gasteiger partial charge in [0.25, 0.3) is 5.56 Å². The van der Waals surface area contributed by atoms with E-state index in [-0.39, 0.29) is 5.56 Å². The first-order valence-electron chi connectivity index (χ1n) is 8.73. The van der Waals surface area contributed by atoms with Crippen LogP contribution in [0.15, 0.2) is 59.5 Å². The number of pyridine rings is 1. The molecule has 3 aliphatic rings. The lowest BCUT2D eigenvalue weighted by atomic mass is 10.1. The second-order valence-electron chi connectivity index (χ2n) is 6.43. The third-order valence-corrected chi connectivity index (χ3v) is 4.89. The van der Waals surface area contributed by atoms with Crippen LogP contribution in [0.5, 0.6) is 0 Å². The highest BCUT2D eigenvalue weighted by atomic mass is 16.5. The van der Waals surface area contributed by atoms with Crippen LogP contribution in [0.2, 0.25) is 0 Å². The number of hydrogen-bond donors (Lipinski definition) is 1. The Kier molecular flexibility index (Phi) is 3.50. The third-order valence-electron chi connectivity index (χ3n) is 4.89. The van der Waals surface area contributed by atoms with Crippen molar-refractivity contribution in [2.24, 2.45) is 0 Å². The van der Waals surface area contributed by atoms with E-state index in [9.17, 15) is 4.79 Å². The number of aromatic amines is 1. The molecule has 0 amide bonds. The van der Waals surface area contributed by atoms with E-state index in [1.165, 1.54) is 4.68 Å². The van der Waals surface area contributed by atoms with Crippen LogP contribution in [0.3, 0.4) is 0 Å². The average molecular weight is 346 g/mol. The molecular weight excluding hydrogens is 328 g/mol. The smallest absolute Gasteiger partial charge is 0.282 e. The average Bonchev–Trinajstić information content (AvgIpc) is 3.06. The third kappa shape index (κ3) is 2.38. The van der Waals surface area contributed by atoms with Gasteiger partial charge in [0, 0.05) is 35.9 Å². The van der Waals surface area contributed by atoms with Crippen molar-refractivity contribution in [1.82, 2.24) is 14.8 Å². The highest BCUT2D eigenvalue weighted by Crippen LogP contribution is 2.29. The van der Waals surface area contributed by atoms with E-state index in [1.807, 2.05) is 36.4 Å². The Hall–Kier alpha value is -3.12. The molecule has 3 aliphatic heterocycles. The number of fused-ring (bicyclic) bond motifs is 3. The summed E-state index contributed by atoms with van der Waals surface area (Å²) in [5.74, 6) is 0. The Morgan fingerprint density at radius 1 is 1.00 bits per heavy atom. The van der Waals surface area contributed by atoms with Crippen molar-refractivity contribution in [2.45, 2.75) is 0 Å². The molecule has 26 heavy (non-hydrogen) atoms. The molecule has 2 aromatic rings. The number of nitrogens with zero attached hydrogens (tertiary/aromatic N) is 3. The minimum atomic E-state index is -0.110. The van der Waals surface area contributed by atoms with Crippen LogP contribution < -0.4 is 10.5 Å². The standard InChI is InChI=1S/C20H18N4O2/c25-20-17-13-21-18-12-15(23-8-10-26-11-9-23)6-7-16(18)19(17)22-24(20)14-4-2-1-3-5-14/h1-7,12-13,21H,8-11H2. The zero-order valence-electron chi connectivity index (χ0n) is 14.2. The minimum absolute atomic E-state index is 0.110. The van der Waals surface area contributed by atoms with E-state index in [0.29, 0.717) is 5.56 Å². The molecule has 0 atom stereocenters. The fourth-order valence-electron chi connectivity index (χ4n) is 3.51. The first-order valence-corrected chi connectivity index (χ1v) is 8.73. The number of benzene rings is 2. The van der Waals surface area contributed by atoms with Gasteiger partial charge in [-0.25, -0.2) is 0 Å². The number of hydrogen-bond acceptors (Lipinski definition) is 4. The Morgan fingerprint density at radius 2 is 1.81 bits per heavy atom. The summed E-state index contributed by atoms with van der Waals surface area (Å²) in [4.78, 5) is 18.3. The SMILES string of the molecule is O=c1c2c[nH]c3cc(N4CCOCC4)ccc3c-2nn1-c1ccccc1. The quantitative estimate of drug-likeness (QED) is 0.606. The molecule has 1 N–H and O–H groups in total. The Bertz CT molecular complexity index is 1090. The van der Waals surface area contributed by atoms with Gasteiger partial charge in [0.2, 0.25) is 0 Å². The molecule has 6 nitrogen and oxygen atoms in total. The molecule has 5 rings (SSSR count). The summed E-state index contributed by atoms with van der Waals surface area (Å²) in [5, 5.41) is 5.55. The molecule has 1 fully saturated rings. The van der Waals surface area contributed by atoms with Crippen LogP contribution in [-0.4, -0.2) is 41.1 Å². The normalized spacial score (nSPS) is 15.0. The zero-order chi connectivity index (χ0) is 17.5. The number of anilines is 1. The van der Waals surface area contributed by atoms with Crippen LogP contribution >= 0.6 is 0 Å².